The molecule has 1 saturated carbocycles. The van der Waals surface area contributed by atoms with Gasteiger partial charge in [0, 0.05) is 5.56 Å². The second-order valence-electron chi connectivity index (χ2n) is 5.94. The molecule has 19 heavy (non-hydrogen) atoms. The first kappa shape index (κ1) is 14.4. The maximum absolute atomic E-state index is 10.7. The summed E-state index contributed by atoms with van der Waals surface area (Å²) in [6.45, 7) is 7.00. The number of hydrogen-bond acceptors (Lipinski definition) is 2. The van der Waals surface area contributed by atoms with Crippen LogP contribution in [0.25, 0.3) is 0 Å². The van der Waals surface area contributed by atoms with Crippen LogP contribution in [0.3, 0.4) is 0 Å². The van der Waals surface area contributed by atoms with E-state index >= 15 is 0 Å². The van der Waals surface area contributed by atoms with Gasteiger partial charge < -0.3 is 9.84 Å². The van der Waals surface area contributed by atoms with Crippen molar-refractivity contribution >= 4 is 0 Å². The smallest absolute Gasteiger partial charge is 0.125 e. The number of ether oxygens (including phenoxy) is 1. The third kappa shape index (κ3) is 3.50. The molecule has 0 bridgehead atoms. The van der Waals surface area contributed by atoms with E-state index in [1.807, 2.05) is 19.1 Å². The number of rotatable bonds is 4. The van der Waals surface area contributed by atoms with Gasteiger partial charge in [0.25, 0.3) is 0 Å². The minimum absolute atomic E-state index is 0.381. The Morgan fingerprint density at radius 3 is 2.58 bits per heavy atom. The largest absolute Gasteiger partial charge is 0.493 e. The summed E-state index contributed by atoms with van der Waals surface area (Å²) in [5, 5.41) is 10.7. The zero-order valence-corrected chi connectivity index (χ0v) is 12.4. The molecule has 1 unspecified atom stereocenters. The van der Waals surface area contributed by atoms with Gasteiger partial charge >= 0.3 is 0 Å². The molecular formula is C17H26O2. The second kappa shape index (κ2) is 6.42. The third-order valence-electron chi connectivity index (χ3n) is 4.29. The summed E-state index contributed by atoms with van der Waals surface area (Å²) in [5.41, 5.74) is 2.16. The van der Waals surface area contributed by atoms with Gasteiger partial charge in [-0.3, -0.25) is 0 Å². The van der Waals surface area contributed by atoms with Crippen LogP contribution in [0, 0.1) is 18.8 Å². The van der Waals surface area contributed by atoms with E-state index in [9.17, 15) is 5.11 Å². The predicted octanol–water partition coefficient (Wildman–Crippen LogP) is 4.25. The van der Waals surface area contributed by atoms with Gasteiger partial charge in [-0.25, -0.2) is 0 Å². The molecule has 0 aliphatic heterocycles. The normalized spacial score (nSPS) is 25.1. The molecule has 0 saturated heterocycles. The highest BCUT2D eigenvalue weighted by molar-refractivity contribution is 5.38. The van der Waals surface area contributed by atoms with Crippen LogP contribution in [0.1, 0.15) is 56.8 Å². The topological polar surface area (TPSA) is 29.5 Å². The minimum Gasteiger partial charge on any atom is -0.493 e. The maximum atomic E-state index is 10.7. The van der Waals surface area contributed by atoms with Gasteiger partial charge in [-0.05, 0) is 50.7 Å². The van der Waals surface area contributed by atoms with Crippen molar-refractivity contribution in [1.29, 1.82) is 0 Å². The molecule has 106 valence electrons. The monoisotopic (exact) mass is 262 g/mol. The summed E-state index contributed by atoms with van der Waals surface area (Å²) in [5.74, 6) is 2.05. The van der Waals surface area contributed by atoms with Crippen LogP contribution in [0.5, 0.6) is 5.75 Å². The quantitative estimate of drug-likeness (QED) is 0.878. The lowest BCUT2D eigenvalue weighted by Crippen LogP contribution is -2.20. The van der Waals surface area contributed by atoms with Gasteiger partial charge in [-0.1, -0.05) is 31.4 Å². The Balaban J connectivity index is 2.17. The molecule has 1 fully saturated rings. The van der Waals surface area contributed by atoms with Crippen molar-refractivity contribution in [3.8, 4) is 5.75 Å². The van der Waals surface area contributed by atoms with Crippen LogP contribution in [0.2, 0.25) is 0 Å². The standard InChI is InChI=1S/C17H26O2/c1-4-19-16-10-7-13(3)11-15(16)17(18)14-8-5-12(2)6-9-14/h7,10-12,14,17-18H,4-6,8-9H2,1-3H3. The summed E-state index contributed by atoms with van der Waals surface area (Å²) >= 11 is 0. The average molecular weight is 262 g/mol. The van der Waals surface area contributed by atoms with Crippen molar-refractivity contribution in [2.75, 3.05) is 6.61 Å². The van der Waals surface area contributed by atoms with E-state index in [2.05, 4.69) is 19.9 Å². The summed E-state index contributed by atoms with van der Waals surface area (Å²) in [6.07, 6.45) is 4.34. The summed E-state index contributed by atoms with van der Waals surface area (Å²) in [6, 6.07) is 6.11. The Morgan fingerprint density at radius 2 is 1.95 bits per heavy atom. The van der Waals surface area contributed by atoms with E-state index in [-0.39, 0.29) is 6.10 Å². The first-order chi connectivity index (χ1) is 9.11. The molecule has 1 aromatic carbocycles. The SMILES string of the molecule is CCOc1ccc(C)cc1C(O)C1CCC(C)CC1. The zero-order chi connectivity index (χ0) is 13.8. The van der Waals surface area contributed by atoms with E-state index < -0.39 is 0 Å². The van der Waals surface area contributed by atoms with Gasteiger partial charge in [0.1, 0.15) is 5.75 Å². The van der Waals surface area contributed by atoms with Crippen LogP contribution >= 0.6 is 0 Å². The van der Waals surface area contributed by atoms with Gasteiger partial charge in [0.2, 0.25) is 0 Å². The lowest BCUT2D eigenvalue weighted by atomic mass is 9.78. The summed E-state index contributed by atoms with van der Waals surface area (Å²) in [7, 11) is 0. The Hall–Kier alpha value is -1.02. The van der Waals surface area contributed by atoms with Crippen molar-refractivity contribution in [3.05, 3.63) is 29.3 Å². The second-order valence-corrected chi connectivity index (χ2v) is 5.94. The van der Waals surface area contributed by atoms with Gasteiger partial charge in [0.05, 0.1) is 12.7 Å². The molecule has 2 rings (SSSR count). The molecule has 0 aromatic heterocycles. The molecular weight excluding hydrogens is 236 g/mol. The first-order valence-corrected chi connectivity index (χ1v) is 7.53. The molecule has 0 heterocycles. The average Bonchev–Trinajstić information content (AvgIpc) is 2.41. The molecule has 1 aliphatic carbocycles. The minimum atomic E-state index is -0.381. The molecule has 0 amide bonds. The van der Waals surface area contributed by atoms with Crippen LogP contribution in [0.15, 0.2) is 18.2 Å². The van der Waals surface area contributed by atoms with Crippen molar-refractivity contribution in [1.82, 2.24) is 0 Å². The van der Waals surface area contributed by atoms with E-state index in [0.717, 1.165) is 30.1 Å². The Bertz CT molecular complexity index is 406. The molecule has 1 aromatic rings. The zero-order valence-electron chi connectivity index (χ0n) is 12.4. The molecule has 1 N–H and O–H groups in total. The predicted molar refractivity (Wildman–Crippen MR) is 78.4 cm³/mol. The van der Waals surface area contributed by atoms with Crippen LogP contribution < -0.4 is 4.74 Å². The fourth-order valence-electron chi connectivity index (χ4n) is 3.04. The van der Waals surface area contributed by atoms with E-state index in [1.165, 1.54) is 18.4 Å². The number of benzene rings is 1. The van der Waals surface area contributed by atoms with E-state index in [1.54, 1.807) is 0 Å². The summed E-state index contributed by atoms with van der Waals surface area (Å²) in [4.78, 5) is 0. The van der Waals surface area contributed by atoms with Crippen molar-refractivity contribution in [2.24, 2.45) is 11.8 Å². The summed E-state index contributed by atoms with van der Waals surface area (Å²) < 4.78 is 5.67. The first-order valence-electron chi connectivity index (χ1n) is 7.53. The van der Waals surface area contributed by atoms with Crippen LogP contribution in [-0.4, -0.2) is 11.7 Å². The number of aliphatic hydroxyl groups is 1. The Kier molecular flexibility index (Phi) is 4.87. The number of aliphatic hydroxyl groups excluding tert-OH is 1. The van der Waals surface area contributed by atoms with Gasteiger partial charge in [-0.2, -0.15) is 0 Å². The molecule has 1 atom stereocenters. The molecule has 0 spiro atoms. The lowest BCUT2D eigenvalue weighted by molar-refractivity contribution is 0.0728. The van der Waals surface area contributed by atoms with Crippen LogP contribution in [0.4, 0.5) is 0 Å². The number of hydrogen-bond donors (Lipinski definition) is 1. The highest BCUT2D eigenvalue weighted by atomic mass is 16.5. The van der Waals surface area contributed by atoms with Crippen molar-refractivity contribution in [2.45, 2.75) is 52.6 Å². The highest BCUT2D eigenvalue weighted by Gasteiger charge is 2.27. The van der Waals surface area contributed by atoms with E-state index in [0.29, 0.717) is 12.5 Å². The Labute approximate surface area is 116 Å². The highest BCUT2D eigenvalue weighted by Crippen LogP contribution is 2.39. The Morgan fingerprint density at radius 1 is 1.26 bits per heavy atom. The lowest BCUT2D eigenvalue weighted by Gasteiger charge is -2.30. The van der Waals surface area contributed by atoms with Gasteiger partial charge in [-0.15, -0.1) is 0 Å². The molecule has 1 aliphatic rings. The van der Waals surface area contributed by atoms with Gasteiger partial charge in [0.15, 0.2) is 0 Å². The van der Waals surface area contributed by atoms with E-state index in [4.69, 9.17) is 4.74 Å². The third-order valence-corrected chi connectivity index (χ3v) is 4.29. The fourth-order valence-corrected chi connectivity index (χ4v) is 3.04. The fraction of sp³-hybridized carbons (Fsp3) is 0.647. The molecule has 0 radical (unpaired) electrons. The van der Waals surface area contributed by atoms with Crippen LogP contribution in [-0.2, 0) is 0 Å². The molecule has 2 heteroatoms. The molecule has 2 nitrogen and oxygen atoms in total. The van der Waals surface area contributed by atoms with Crippen molar-refractivity contribution < 1.29 is 9.84 Å². The van der Waals surface area contributed by atoms with Crippen molar-refractivity contribution in [3.63, 3.8) is 0 Å². The number of aryl methyl sites for hydroxylation is 1. The maximum Gasteiger partial charge on any atom is 0.125 e.